The van der Waals surface area contributed by atoms with Crippen molar-refractivity contribution in [3.05, 3.63) is 24.0 Å². The summed E-state index contributed by atoms with van der Waals surface area (Å²) in [5.41, 5.74) is 0.415. The Labute approximate surface area is 117 Å². The van der Waals surface area contributed by atoms with Gasteiger partial charge in [0.2, 0.25) is 0 Å². The topological polar surface area (TPSA) is 68.7 Å². The van der Waals surface area contributed by atoms with Gasteiger partial charge in [-0.05, 0) is 25.8 Å². The summed E-state index contributed by atoms with van der Waals surface area (Å²) in [5, 5.41) is 0. The third-order valence-electron chi connectivity index (χ3n) is 3.31. The standard InChI is InChI=1S/C14H18N2O4/c1-3-20-14(18)11-5-4-8-16(11)13(17)10-6-7-15-9-12(10)19-2/h6-7,9,11H,3-5,8H2,1-2H3. The fraction of sp³-hybridized carbons (Fsp3) is 0.500. The van der Waals surface area contributed by atoms with Crippen LogP contribution in [0.25, 0.3) is 0 Å². The van der Waals surface area contributed by atoms with Crippen molar-refractivity contribution in [3.8, 4) is 5.75 Å². The van der Waals surface area contributed by atoms with Crippen LogP contribution in [0.4, 0.5) is 0 Å². The molecule has 0 aromatic carbocycles. The van der Waals surface area contributed by atoms with Gasteiger partial charge >= 0.3 is 5.97 Å². The van der Waals surface area contributed by atoms with Crippen molar-refractivity contribution in [2.75, 3.05) is 20.3 Å². The second-order valence-corrected chi connectivity index (χ2v) is 4.48. The lowest BCUT2D eigenvalue weighted by atomic mass is 10.2. The Morgan fingerprint density at radius 1 is 1.50 bits per heavy atom. The maximum atomic E-state index is 12.6. The number of ether oxygens (including phenoxy) is 2. The van der Waals surface area contributed by atoms with Crippen LogP contribution in [0.2, 0.25) is 0 Å². The average molecular weight is 278 g/mol. The Morgan fingerprint density at radius 2 is 2.30 bits per heavy atom. The number of esters is 1. The van der Waals surface area contributed by atoms with Crippen molar-refractivity contribution < 1.29 is 19.1 Å². The molecule has 1 amide bonds. The van der Waals surface area contributed by atoms with E-state index in [1.54, 1.807) is 17.9 Å². The molecule has 1 aliphatic rings. The first-order valence-electron chi connectivity index (χ1n) is 6.64. The van der Waals surface area contributed by atoms with E-state index in [4.69, 9.17) is 9.47 Å². The average Bonchev–Trinajstić information content (AvgIpc) is 2.96. The zero-order valence-electron chi connectivity index (χ0n) is 11.7. The van der Waals surface area contributed by atoms with Crippen molar-refractivity contribution >= 4 is 11.9 Å². The molecule has 0 aliphatic carbocycles. The molecule has 2 rings (SSSR count). The number of amides is 1. The van der Waals surface area contributed by atoms with Crippen molar-refractivity contribution in [2.45, 2.75) is 25.8 Å². The van der Waals surface area contributed by atoms with Gasteiger partial charge in [0.15, 0.2) is 0 Å². The summed E-state index contributed by atoms with van der Waals surface area (Å²) in [6.45, 7) is 2.62. The zero-order chi connectivity index (χ0) is 14.5. The van der Waals surface area contributed by atoms with E-state index in [0.717, 1.165) is 6.42 Å². The second kappa shape index (κ2) is 6.36. The van der Waals surface area contributed by atoms with Crippen LogP contribution in [0.15, 0.2) is 18.5 Å². The molecule has 0 N–H and O–H groups in total. The number of nitrogens with zero attached hydrogens (tertiary/aromatic N) is 2. The van der Waals surface area contributed by atoms with Crippen molar-refractivity contribution in [2.24, 2.45) is 0 Å². The van der Waals surface area contributed by atoms with E-state index in [-0.39, 0.29) is 11.9 Å². The Kier molecular flexibility index (Phi) is 4.55. The van der Waals surface area contributed by atoms with E-state index >= 15 is 0 Å². The molecule has 20 heavy (non-hydrogen) atoms. The summed E-state index contributed by atoms with van der Waals surface area (Å²) >= 11 is 0. The van der Waals surface area contributed by atoms with Gasteiger partial charge in [-0.25, -0.2) is 4.79 Å². The molecule has 1 aromatic heterocycles. The van der Waals surface area contributed by atoms with Crippen LogP contribution in [0, 0.1) is 0 Å². The normalized spacial score (nSPS) is 17.9. The largest absolute Gasteiger partial charge is 0.494 e. The van der Waals surface area contributed by atoms with Gasteiger partial charge < -0.3 is 14.4 Å². The first kappa shape index (κ1) is 14.3. The van der Waals surface area contributed by atoms with Gasteiger partial charge in [0.1, 0.15) is 11.8 Å². The maximum Gasteiger partial charge on any atom is 0.328 e. The number of likely N-dealkylation sites (tertiary alicyclic amines) is 1. The van der Waals surface area contributed by atoms with Crippen molar-refractivity contribution in [1.29, 1.82) is 0 Å². The minimum absolute atomic E-state index is 0.222. The molecule has 1 aromatic rings. The number of carbonyl (C=O) groups is 2. The summed E-state index contributed by atoms with van der Waals surface area (Å²) in [6, 6.07) is 1.10. The highest BCUT2D eigenvalue weighted by Crippen LogP contribution is 2.25. The van der Waals surface area contributed by atoms with Crippen LogP contribution in [-0.4, -0.2) is 48.1 Å². The Balaban J connectivity index is 2.21. The van der Waals surface area contributed by atoms with Gasteiger partial charge in [-0.2, -0.15) is 0 Å². The number of hydrogen-bond acceptors (Lipinski definition) is 5. The Morgan fingerprint density at radius 3 is 3.00 bits per heavy atom. The predicted octanol–water partition coefficient (Wildman–Crippen LogP) is 1.26. The lowest BCUT2D eigenvalue weighted by Crippen LogP contribution is -2.41. The number of pyridine rings is 1. The molecule has 6 nitrogen and oxygen atoms in total. The van der Waals surface area contributed by atoms with Crippen LogP contribution in [0.5, 0.6) is 5.75 Å². The quantitative estimate of drug-likeness (QED) is 0.775. The molecule has 0 spiro atoms. The van der Waals surface area contributed by atoms with Gasteiger partial charge in [0, 0.05) is 12.7 Å². The van der Waals surface area contributed by atoms with Crippen LogP contribution >= 0.6 is 0 Å². The lowest BCUT2D eigenvalue weighted by Gasteiger charge is -2.23. The number of aromatic nitrogens is 1. The molecule has 0 radical (unpaired) electrons. The first-order chi connectivity index (χ1) is 9.69. The highest BCUT2D eigenvalue weighted by Gasteiger charge is 2.36. The molecule has 1 aliphatic heterocycles. The molecule has 0 saturated carbocycles. The van der Waals surface area contributed by atoms with Crippen LogP contribution < -0.4 is 4.74 Å². The summed E-state index contributed by atoms with van der Waals surface area (Å²) in [4.78, 5) is 29.9. The molecular formula is C14H18N2O4. The molecule has 1 unspecified atom stereocenters. The first-order valence-corrected chi connectivity index (χ1v) is 6.64. The van der Waals surface area contributed by atoms with E-state index < -0.39 is 6.04 Å². The van der Waals surface area contributed by atoms with Crippen LogP contribution in [0.1, 0.15) is 30.1 Å². The minimum atomic E-state index is -0.500. The summed E-state index contributed by atoms with van der Waals surface area (Å²) < 4.78 is 10.2. The van der Waals surface area contributed by atoms with Crippen LogP contribution in [-0.2, 0) is 9.53 Å². The zero-order valence-corrected chi connectivity index (χ0v) is 11.7. The van der Waals surface area contributed by atoms with E-state index in [1.165, 1.54) is 19.5 Å². The monoisotopic (exact) mass is 278 g/mol. The third-order valence-corrected chi connectivity index (χ3v) is 3.31. The molecule has 0 bridgehead atoms. The predicted molar refractivity (Wildman–Crippen MR) is 71.5 cm³/mol. The Hall–Kier alpha value is -2.11. The van der Waals surface area contributed by atoms with E-state index in [2.05, 4.69) is 4.98 Å². The fourth-order valence-electron chi connectivity index (χ4n) is 2.37. The molecular weight excluding hydrogens is 260 g/mol. The molecule has 1 fully saturated rings. The van der Waals surface area contributed by atoms with Gasteiger partial charge in [0.05, 0.1) is 25.5 Å². The smallest absolute Gasteiger partial charge is 0.328 e. The number of hydrogen-bond donors (Lipinski definition) is 0. The summed E-state index contributed by atoms with van der Waals surface area (Å²) in [7, 11) is 1.49. The van der Waals surface area contributed by atoms with Crippen molar-refractivity contribution in [1.82, 2.24) is 9.88 Å². The van der Waals surface area contributed by atoms with Gasteiger partial charge in [-0.1, -0.05) is 0 Å². The molecule has 1 atom stereocenters. The van der Waals surface area contributed by atoms with E-state index in [1.807, 2.05) is 0 Å². The maximum absolute atomic E-state index is 12.6. The summed E-state index contributed by atoms with van der Waals surface area (Å²) in [5.74, 6) is -0.154. The second-order valence-electron chi connectivity index (χ2n) is 4.48. The molecule has 108 valence electrons. The van der Waals surface area contributed by atoms with Gasteiger partial charge in [-0.15, -0.1) is 0 Å². The minimum Gasteiger partial charge on any atom is -0.494 e. The van der Waals surface area contributed by atoms with Gasteiger partial charge in [-0.3, -0.25) is 9.78 Å². The molecule has 1 saturated heterocycles. The lowest BCUT2D eigenvalue weighted by molar-refractivity contribution is -0.147. The number of methoxy groups -OCH3 is 1. The Bertz CT molecular complexity index is 504. The third kappa shape index (κ3) is 2.74. The van der Waals surface area contributed by atoms with Gasteiger partial charge in [0.25, 0.3) is 5.91 Å². The van der Waals surface area contributed by atoms with Crippen molar-refractivity contribution in [3.63, 3.8) is 0 Å². The molecule has 6 heteroatoms. The highest BCUT2D eigenvalue weighted by atomic mass is 16.5. The highest BCUT2D eigenvalue weighted by molar-refractivity contribution is 5.99. The molecule has 2 heterocycles. The number of rotatable bonds is 4. The number of carbonyl (C=O) groups excluding carboxylic acids is 2. The van der Waals surface area contributed by atoms with E-state index in [9.17, 15) is 9.59 Å². The van der Waals surface area contributed by atoms with E-state index in [0.29, 0.717) is 30.9 Å². The summed E-state index contributed by atoms with van der Waals surface area (Å²) in [6.07, 6.45) is 4.45. The van der Waals surface area contributed by atoms with Crippen LogP contribution in [0.3, 0.4) is 0 Å². The SMILES string of the molecule is CCOC(=O)C1CCCN1C(=O)c1ccncc1OC. The fourth-order valence-corrected chi connectivity index (χ4v) is 2.37.